The molecule has 1 aliphatic heterocycles. The van der Waals surface area contributed by atoms with Crippen molar-refractivity contribution in [2.24, 2.45) is 4.99 Å². The lowest BCUT2D eigenvalue weighted by Gasteiger charge is -2.03. The van der Waals surface area contributed by atoms with E-state index in [2.05, 4.69) is 4.99 Å². The summed E-state index contributed by atoms with van der Waals surface area (Å²) in [5.41, 5.74) is 3.85. The summed E-state index contributed by atoms with van der Waals surface area (Å²) in [6.07, 6.45) is 4.97. The molecule has 3 rings (SSSR count). The van der Waals surface area contributed by atoms with Crippen molar-refractivity contribution >= 4 is 22.8 Å². The van der Waals surface area contributed by atoms with E-state index < -0.39 is 0 Å². The number of rotatable bonds is 0. The second-order valence-electron chi connectivity index (χ2n) is 3.31. The molecular weight excluding hydrogens is 174 g/mol. The smallest absolute Gasteiger partial charge is 0.179 e. The van der Waals surface area contributed by atoms with Crippen LogP contribution < -0.4 is 0 Å². The van der Waals surface area contributed by atoms with E-state index in [1.54, 1.807) is 18.2 Å². The third-order valence-electron chi connectivity index (χ3n) is 2.40. The molecule has 0 fully saturated rings. The molecule has 2 aliphatic rings. The summed E-state index contributed by atoms with van der Waals surface area (Å²) in [6, 6.07) is 7.86. The average molecular weight is 181 g/mol. The molecule has 1 aromatic carbocycles. The fraction of sp³-hybridized carbons (Fsp3) is 0. The maximum atomic E-state index is 11.2. The van der Waals surface area contributed by atoms with Crippen molar-refractivity contribution in [2.75, 3.05) is 0 Å². The number of carbonyl (C=O) groups is 1. The largest absolute Gasteiger partial charge is 0.290 e. The van der Waals surface area contributed by atoms with Gasteiger partial charge >= 0.3 is 0 Å². The Morgan fingerprint density at radius 3 is 2.86 bits per heavy atom. The molecule has 0 saturated heterocycles. The van der Waals surface area contributed by atoms with E-state index in [1.807, 2.05) is 24.3 Å². The molecule has 1 aliphatic carbocycles. The van der Waals surface area contributed by atoms with Gasteiger partial charge in [-0.1, -0.05) is 18.2 Å². The lowest BCUT2D eigenvalue weighted by atomic mass is 9.98. The predicted molar refractivity (Wildman–Crippen MR) is 55.7 cm³/mol. The van der Waals surface area contributed by atoms with E-state index in [0.29, 0.717) is 0 Å². The van der Waals surface area contributed by atoms with Crippen LogP contribution in [0, 0.1) is 0 Å². The highest BCUT2D eigenvalue weighted by atomic mass is 16.1. The molecule has 0 amide bonds. The second kappa shape index (κ2) is 2.51. The van der Waals surface area contributed by atoms with Gasteiger partial charge in [-0.25, -0.2) is 4.99 Å². The minimum Gasteiger partial charge on any atom is -0.290 e. The zero-order chi connectivity index (χ0) is 9.54. The molecule has 2 heteroatoms. The molecule has 1 aromatic rings. The molecular formula is C12H7NO. The molecule has 0 atom stereocenters. The molecule has 0 bridgehead atoms. The zero-order valence-electron chi connectivity index (χ0n) is 7.40. The monoisotopic (exact) mass is 181 g/mol. The summed E-state index contributed by atoms with van der Waals surface area (Å²) in [7, 11) is 0. The SMILES string of the molecule is O=C1C=CC2=Nc3ccccc3C2=C1. The fourth-order valence-electron chi connectivity index (χ4n) is 1.76. The van der Waals surface area contributed by atoms with Crippen molar-refractivity contribution in [1.82, 2.24) is 0 Å². The van der Waals surface area contributed by atoms with Crippen molar-refractivity contribution in [3.63, 3.8) is 0 Å². The topological polar surface area (TPSA) is 29.4 Å². The van der Waals surface area contributed by atoms with Crippen LogP contribution in [0.5, 0.6) is 0 Å². The number of para-hydroxylation sites is 1. The summed E-state index contributed by atoms with van der Waals surface area (Å²) in [5, 5.41) is 0. The van der Waals surface area contributed by atoms with Crippen molar-refractivity contribution in [1.29, 1.82) is 0 Å². The van der Waals surface area contributed by atoms with E-state index in [9.17, 15) is 4.79 Å². The van der Waals surface area contributed by atoms with Crippen molar-refractivity contribution < 1.29 is 4.79 Å². The summed E-state index contributed by atoms with van der Waals surface area (Å²) in [4.78, 5) is 15.6. The summed E-state index contributed by atoms with van der Waals surface area (Å²) in [6.45, 7) is 0. The highest BCUT2D eigenvalue weighted by molar-refractivity contribution is 6.39. The van der Waals surface area contributed by atoms with Crippen molar-refractivity contribution in [2.45, 2.75) is 0 Å². The summed E-state index contributed by atoms with van der Waals surface area (Å²) < 4.78 is 0. The number of allylic oxidation sites excluding steroid dienone is 4. The zero-order valence-corrected chi connectivity index (χ0v) is 7.40. The molecule has 0 spiro atoms. The first-order chi connectivity index (χ1) is 6.84. The first-order valence-electron chi connectivity index (χ1n) is 4.47. The molecule has 0 radical (unpaired) electrons. The van der Waals surface area contributed by atoms with E-state index in [-0.39, 0.29) is 5.78 Å². The van der Waals surface area contributed by atoms with Gasteiger partial charge in [0, 0.05) is 11.1 Å². The number of aliphatic imine (C=N–C) groups is 1. The Hall–Kier alpha value is -1.96. The van der Waals surface area contributed by atoms with E-state index in [0.717, 1.165) is 22.5 Å². The molecule has 0 unspecified atom stereocenters. The van der Waals surface area contributed by atoms with Crippen LogP contribution >= 0.6 is 0 Å². The van der Waals surface area contributed by atoms with Crippen LogP contribution in [0.15, 0.2) is 47.5 Å². The van der Waals surface area contributed by atoms with Gasteiger partial charge in [0.1, 0.15) is 0 Å². The number of nitrogens with zero attached hydrogens (tertiary/aromatic N) is 1. The van der Waals surface area contributed by atoms with Crippen LogP contribution in [0.25, 0.3) is 5.57 Å². The lowest BCUT2D eigenvalue weighted by molar-refractivity contribution is -0.110. The number of ketones is 1. The number of carbonyl (C=O) groups excluding carboxylic acids is 1. The molecule has 14 heavy (non-hydrogen) atoms. The standard InChI is InChI=1S/C12H7NO/c14-8-5-6-12-10(7-8)9-3-1-2-4-11(9)13-12/h1-7H. The van der Waals surface area contributed by atoms with E-state index in [4.69, 9.17) is 0 Å². The molecule has 1 heterocycles. The normalized spacial score (nSPS) is 17.3. The first-order valence-corrected chi connectivity index (χ1v) is 4.47. The van der Waals surface area contributed by atoms with Gasteiger partial charge in [0.15, 0.2) is 5.78 Å². The first kappa shape index (κ1) is 7.44. The minimum absolute atomic E-state index is 0.0376. The maximum absolute atomic E-state index is 11.2. The van der Waals surface area contributed by atoms with Gasteiger partial charge in [-0.3, -0.25) is 4.79 Å². The Bertz CT molecular complexity index is 521. The van der Waals surface area contributed by atoms with Crippen LogP contribution in [0.2, 0.25) is 0 Å². The van der Waals surface area contributed by atoms with Gasteiger partial charge < -0.3 is 0 Å². The number of hydrogen-bond acceptors (Lipinski definition) is 2. The fourth-order valence-corrected chi connectivity index (χ4v) is 1.76. The number of hydrogen-bond donors (Lipinski definition) is 0. The Morgan fingerprint density at radius 1 is 1.07 bits per heavy atom. The van der Waals surface area contributed by atoms with Crippen LogP contribution in [-0.4, -0.2) is 11.5 Å². The Morgan fingerprint density at radius 2 is 1.93 bits per heavy atom. The van der Waals surface area contributed by atoms with E-state index in [1.165, 1.54) is 0 Å². The Balaban J connectivity index is 2.27. The molecule has 0 aromatic heterocycles. The predicted octanol–water partition coefficient (Wildman–Crippen LogP) is 2.29. The van der Waals surface area contributed by atoms with Crippen LogP contribution in [-0.2, 0) is 4.79 Å². The van der Waals surface area contributed by atoms with Gasteiger partial charge in [-0.15, -0.1) is 0 Å². The van der Waals surface area contributed by atoms with Crippen LogP contribution in [0.4, 0.5) is 5.69 Å². The van der Waals surface area contributed by atoms with Crippen LogP contribution in [0.3, 0.4) is 0 Å². The molecule has 0 N–H and O–H groups in total. The highest BCUT2D eigenvalue weighted by Gasteiger charge is 2.21. The van der Waals surface area contributed by atoms with Gasteiger partial charge in [-0.2, -0.15) is 0 Å². The summed E-state index contributed by atoms with van der Waals surface area (Å²) in [5.74, 6) is 0.0376. The maximum Gasteiger partial charge on any atom is 0.179 e. The summed E-state index contributed by atoms with van der Waals surface area (Å²) >= 11 is 0. The average Bonchev–Trinajstić information content (AvgIpc) is 2.56. The van der Waals surface area contributed by atoms with Gasteiger partial charge in [0.05, 0.1) is 11.4 Å². The lowest BCUT2D eigenvalue weighted by Crippen LogP contribution is -2.02. The number of benzene rings is 1. The van der Waals surface area contributed by atoms with Crippen LogP contribution in [0.1, 0.15) is 5.56 Å². The highest BCUT2D eigenvalue weighted by Crippen LogP contribution is 2.35. The van der Waals surface area contributed by atoms with Crippen molar-refractivity contribution in [3.8, 4) is 0 Å². The third-order valence-corrected chi connectivity index (χ3v) is 2.40. The molecule has 2 nitrogen and oxygen atoms in total. The molecule has 0 saturated carbocycles. The Labute approximate surface area is 81.3 Å². The van der Waals surface area contributed by atoms with E-state index >= 15 is 0 Å². The second-order valence-corrected chi connectivity index (χ2v) is 3.31. The van der Waals surface area contributed by atoms with Crippen molar-refractivity contribution in [3.05, 3.63) is 48.1 Å². The van der Waals surface area contributed by atoms with Gasteiger partial charge in [-0.05, 0) is 24.3 Å². The minimum atomic E-state index is 0.0376. The quantitative estimate of drug-likeness (QED) is 0.564. The third kappa shape index (κ3) is 0.909. The van der Waals surface area contributed by atoms with Gasteiger partial charge in [0.25, 0.3) is 0 Å². The number of fused-ring (bicyclic) bond motifs is 3. The molecule has 66 valence electrons. The Kier molecular flexibility index (Phi) is 1.34. The van der Waals surface area contributed by atoms with Gasteiger partial charge in [0.2, 0.25) is 0 Å².